The molecule has 11 aliphatic rings. The molecule has 3 heteroatoms. The topological polar surface area (TPSA) is 37.9 Å². The van der Waals surface area contributed by atoms with E-state index in [4.69, 9.17) is 14.4 Å². The van der Waals surface area contributed by atoms with Crippen LogP contribution in [0.5, 0.6) is 0 Å². The van der Waals surface area contributed by atoms with Gasteiger partial charge in [-0.2, -0.15) is 0 Å². The summed E-state index contributed by atoms with van der Waals surface area (Å²) in [6.45, 7) is 13.2. The van der Waals surface area contributed by atoms with E-state index in [1.165, 1.54) is 104 Å². The smallest absolute Gasteiger partial charge is 0.160 e. The van der Waals surface area contributed by atoms with E-state index in [1.807, 2.05) is 13.8 Å². The Hall–Kier alpha value is -4.24. The lowest BCUT2D eigenvalue weighted by atomic mass is 9.12. The van der Waals surface area contributed by atoms with Crippen LogP contribution in [-0.2, 0) is 16.2 Å². The number of fused-ring (bicyclic) bond motifs is 4. The maximum Gasteiger partial charge on any atom is 0.160 e. The number of hydrogen-bond acceptors (Lipinski definition) is 2. The Morgan fingerprint density at radius 1 is 0.700 bits per heavy atom. The number of amidine groups is 1. The van der Waals surface area contributed by atoms with Gasteiger partial charge in [0.05, 0.1) is 5.70 Å². The van der Waals surface area contributed by atoms with Crippen LogP contribution in [0.3, 0.4) is 0 Å². The van der Waals surface area contributed by atoms with Crippen molar-refractivity contribution in [2.45, 2.75) is 127 Å². The second-order valence-electron chi connectivity index (χ2n) is 22.0. The highest BCUT2D eigenvalue weighted by molar-refractivity contribution is 6.15. The van der Waals surface area contributed by atoms with Crippen molar-refractivity contribution in [1.29, 1.82) is 0 Å². The largest absolute Gasteiger partial charge is 0.455 e. The van der Waals surface area contributed by atoms with Crippen LogP contribution < -0.4 is 0 Å². The van der Waals surface area contributed by atoms with Gasteiger partial charge in [-0.15, -0.1) is 0 Å². The molecule has 6 unspecified atom stereocenters. The molecule has 2 spiro atoms. The summed E-state index contributed by atoms with van der Waals surface area (Å²) in [5.41, 5.74) is 16.1. The van der Waals surface area contributed by atoms with Crippen molar-refractivity contribution in [3.05, 3.63) is 130 Å². The molecule has 0 amide bonds. The molecule has 11 aliphatic carbocycles. The molecule has 3 aromatic carbocycles. The summed E-state index contributed by atoms with van der Waals surface area (Å²) >= 11 is 0. The van der Waals surface area contributed by atoms with Gasteiger partial charge in [0, 0.05) is 49.4 Å². The van der Waals surface area contributed by atoms with Gasteiger partial charge in [0.2, 0.25) is 0 Å². The average molecular weight is 789 g/mol. The summed E-state index contributed by atoms with van der Waals surface area (Å²) < 4.78 is 7.65. The first-order valence-corrected chi connectivity index (χ1v) is 24.3. The molecule has 3 nitrogen and oxygen atoms in total. The minimum absolute atomic E-state index is 0.223. The second kappa shape index (κ2) is 11.4. The van der Waals surface area contributed by atoms with Crippen molar-refractivity contribution >= 4 is 33.5 Å². The number of rotatable bonds is 7. The molecule has 4 aromatic rings. The summed E-state index contributed by atoms with van der Waals surface area (Å²) in [6.07, 6.45) is 26.5. The zero-order chi connectivity index (χ0) is 40.1. The Kier molecular flexibility index (Phi) is 6.73. The zero-order valence-corrected chi connectivity index (χ0v) is 36.2. The molecule has 1 aromatic heterocycles. The van der Waals surface area contributed by atoms with Gasteiger partial charge in [-0.05, 0) is 178 Å². The van der Waals surface area contributed by atoms with Gasteiger partial charge in [-0.25, -0.2) is 9.98 Å². The van der Waals surface area contributed by atoms with E-state index in [-0.39, 0.29) is 10.8 Å². The van der Waals surface area contributed by atoms with Gasteiger partial charge in [0.1, 0.15) is 11.2 Å². The highest BCUT2D eigenvalue weighted by atomic mass is 16.3. The Bertz CT molecular complexity index is 2730. The molecule has 9 saturated carbocycles. The minimum atomic E-state index is 0.223. The van der Waals surface area contributed by atoms with Crippen LogP contribution in [0.1, 0.15) is 139 Å². The van der Waals surface area contributed by atoms with Gasteiger partial charge in [0.15, 0.2) is 5.84 Å². The van der Waals surface area contributed by atoms with Crippen LogP contribution in [0.4, 0.5) is 0 Å². The maximum atomic E-state index is 7.65. The first-order chi connectivity index (χ1) is 29.3. The van der Waals surface area contributed by atoms with Crippen molar-refractivity contribution < 1.29 is 4.42 Å². The fraction of sp³-hybridized carbons (Fsp3) is 0.509. The van der Waals surface area contributed by atoms with Gasteiger partial charge in [0.25, 0.3) is 0 Å². The minimum Gasteiger partial charge on any atom is -0.455 e. The molecule has 0 N–H and O–H groups in total. The molecule has 304 valence electrons. The molecule has 0 saturated heterocycles. The zero-order valence-electron chi connectivity index (χ0n) is 36.2. The van der Waals surface area contributed by atoms with E-state index in [0.717, 1.165) is 82.6 Å². The first-order valence-electron chi connectivity index (χ1n) is 24.3. The SMILES string of the molecule is C=C(N=C(N=C(C)c1cc(C23CC4CC5CC(C2)C543)c2oc3c(C45CC6CC7CC(C4)C765)cc(C45CC=C4CC(C)C5)cc3c2c1)c1ccccc1)C1=CCCC=C1.CC. The van der Waals surface area contributed by atoms with Crippen LogP contribution in [0.25, 0.3) is 21.9 Å². The fourth-order valence-corrected chi connectivity index (χ4v) is 18.4. The third-order valence-corrected chi connectivity index (χ3v) is 20.5. The van der Waals surface area contributed by atoms with E-state index >= 15 is 0 Å². The molecule has 0 bridgehead atoms. The first kappa shape index (κ1) is 35.4. The summed E-state index contributed by atoms with van der Waals surface area (Å²) in [5, 5.41) is 2.74. The molecule has 9 fully saturated rings. The quantitative estimate of drug-likeness (QED) is 0.104. The van der Waals surface area contributed by atoms with E-state index in [9.17, 15) is 0 Å². The van der Waals surface area contributed by atoms with E-state index < -0.39 is 0 Å². The molecule has 1 heterocycles. The molecule has 15 rings (SSSR count). The number of furan rings is 1. The molecule has 0 radical (unpaired) electrons. The number of allylic oxidation sites excluding steroid dienone is 5. The maximum absolute atomic E-state index is 7.65. The predicted octanol–water partition coefficient (Wildman–Crippen LogP) is 14.0. The monoisotopic (exact) mass is 788 g/mol. The molecule has 6 atom stereocenters. The summed E-state index contributed by atoms with van der Waals surface area (Å²) in [5.74, 6) is 7.16. The normalized spacial score (nSPS) is 42.4. The average Bonchev–Trinajstić information content (AvgIpc) is 3.69. The summed E-state index contributed by atoms with van der Waals surface area (Å²) in [6, 6.07) is 21.0. The lowest BCUT2D eigenvalue weighted by Gasteiger charge is -2.91. The Balaban J connectivity index is 0.00000175. The van der Waals surface area contributed by atoms with Crippen molar-refractivity contribution in [2.75, 3.05) is 0 Å². The Morgan fingerprint density at radius 2 is 1.33 bits per heavy atom. The van der Waals surface area contributed by atoms with Crippen LogP contribution in [0.2, 0.25) is 0 Å². The molecule has 0 aliphatic heterocycles. The van der Waals surface area contributed by atoms with Crippen molar-refractivity contribution in [3.8, 4) is 0 Å². The number of benzene rings is 3. The number of nitrogens with zero attached hydrogens (tertiary/aromatic N) is 2. The lowest BCUT2D eigenvalue weighted by Crippen LogP contribution is -2.87. The van der Waals surface area contributed by atoms with E-state index in [0.29, 0.717) is 16.2 Å². The van der Waals surface area contributed by atoms with Crippen LogP contribution >= 0.6 is 0 Å². The Morgan fingerprint density at radius 3 is 1.88 bits per heavy atom. The summed E-state index contributed by atoms with van der Waals surface area (Å²) in [4.78, 5) is 10.6. The van der Waals surface area contributed by atoms with E-state index in [2.05, 4.69) is 99.3 Å². The lowest BCUT2D eigenvalue weighted by molar-refractivity contribution is -0.395. The second-order valence-corrected chi connectivity index (χ2v) is 22.0. The van der Waals surface area contributed by atoms with Gasteiger partial charge in [-0.3, -0.25) is 0 Å². The molecular formula is C57H60N2O. The predicted molar refractivity (Wildman–Crippen MR) is 245 cm³/mol. The third-order valence-electron chi connectivity index (χ3n) is 20.5. The van der Waals surface area contributed by atoms with Crippen molar-refractivity contribution in [1.82, 2.24) is 0 Å². The third kappa shape index (κ3) is 3.71. The Labute approximate surface area is 356 Å². The van der Waals surface area contributed by atoms with Gasteiger partial charge in [-0.1, -0.05) is 93.6 Å². The van der Waals surface area contributed by atoms with Gasteiger partial charge >= 0.3 is 0 Å². The van der Waals surface area contributed by atoms with Crippen LogP contribution in [0, 0.1) is 52.3 Å². The number of aliphatic imine (C=N–C) groups is 2. The fourth-order valence-electron chi connectivity index (χ4n) is 18.4. The number of hydrogen-bond donors (Lipinski definition) is 0. The van der Waals surface area contributed by atoms with Crippen LogP contribution in [-0.4, -0.2) is 11.5 Å². The van der Waals surface area contributed by atoms with Crippen molar-refractivity contribution in [3.63, 3.8) is 0 Å². The summed E-state index contributed by atoms with van der Waals surface area (Å²) in [7, 11) is 0. The standard InChI is InChI=1S/C55H54N2O.C2H6/c1-30-16-36-14-15-51(36,25-30)37-23-45-44-17-35(32(3)57-50(34-12-8-5-9-13-34)56-31(2)33-10-6-4-7-11-33)18-46(52-26-40-19-38-20-41(27-52)54(38,40)52)48(44)58-49(45)47(24-37)53-28-42-21-39-22-43(29-53)55(39,42)53;1-2/h5-6,8-14,17-18,23-24,30,38-43H,2,4,7,15-16,19-22,25-29H2,1,3H3;1-2H3. The van der Waals surface area contributed by atoms with Crippen LogP contribution in [0.15, 0.2) is 117 Å². The highest BCUT2D eigenvalue weighted by Gasteiger charge is 2.89. The van der Waals surface area contributed by atoms with E-state index in [1.54, 1.807) is 16.7 Å². The highest BCUT2D eigenvalue weighted by Crippen LogP contribution is 2.94. The molecular weight excluding hydrogens is 729 g/mol. The van der Waals surface area contributed by atoms with Gasteiger partial charge < -0.3 is 4.42 Å². The molecule has 60 heavy (non-hydrogen) atoms. The van der Waals surface area contributed by atoms with Crippen molar-refractivity contribution in [2.24, 2.45) is 62.2 Å².